The zero-order valence-corrected chi connectivity index (χ0v) is 29.7. The van der Waals surface area contributed by atoms with Gasteiger partial charge in [0.2, 0.25) is 11.8 Å². The van der Waals surface area contributed by atoms with Crippen LogP contribution in [0.25, 0.3) is 21.8 Å². The van der Waals surface area contributed by atoms with Gasteiger partial charge in [-0.15, -0.1) is 0 Å². The zero-order valence-electron chi connectivity index (χ0n) is 28.2. The molecule has 0 saturated heterocycles. The molecule has 5 N–H and O–H groups in total. The lowest BCUT2D eigenvalue weighted by molar-refractivity contribution is -0.127. The number of benzene rings is 2. The summed E-state index contributed by atoms with van der Waals surface area (Å²) < 4.78 is 1.81. The molecule has 12 nitrogen and oxygen atoms in total. The Balaban J connectivity index is 0.000000198. The van der Waals surface area contributed by atoms with Gasteiger partial charge in [0.25, 0.3) is 11.8 Å². The van der Waals surface area contributed by atoms with E-state index in [0.29, 0.717) is 34.3 Å². The fraction of sp³-hybridized carbons (Fsp3) is 0.405. The second-order valence-electron chi connectivity index (χ2n) is 12.9. The van der Waals surface area contributed by atoms with Crippen molar-refractivity contribution in [3.63, 3.8) is 0 Å². The Morgan fingerprint density at radius 1 is 0.745 bits per heavy atom. The maximum Gasteiger partial charge on any atom is 0.268 e. The Labute approximate surface area is 305 Å². The highest BCUT2D eigenvalue weighted by molar-refractivity contribution is 6.31. The van der Waals surface area contributed by atoms with Crippen molar-refractivity contribution in [1.29, 1.82) is 10.5 Å². The van der Waals surface area contributed by atoms with Gasteiger partial charge in [0.05, 0.1) is 24.0 Å². The lowest BCUT2D eigenvalue weighted by atomic mass is 9.83. The highest BCUT2D eigenvalue weighted by Crippen LogP contribution is 2.28. The number of halogens is 2. The molecule has 2 aromatic heterocycles. The predicted molar refractivity (Wildman–Crippen MR) is 195 cm³/mol. The molecule has 266 valence electrons. The van der Waals surface area contributed by atoms with Crippen LogP contribution in [0.4, 0.5) is 0 Å². The van der Waals surface area contributed by atoms with Gasteiger partial charge < -0.3 is 30.8 Å². The summed E-state index contributed by atoms with van der Waals surface area (Å²) >= 11 is 12.0. The van der Waals surface area contributed by atoms with E-state index >= 15 is 0 Å². The number of H-pyrrole nitrogens is 1. The number of aromatic nitrogens is 2. The van der Waals surface area contributed by atoms with Gasteiger partial charge in [-0.05, 0) is 62.1 Å². The number of carbonyl (C=O) groups excluding carboxylic acids is 4. The quantitative estimate of drug-likeness (QED) is 0.149. The fourth-order valence-corrected chi connectivity index (χ4v) is 7.32. The van der Waals surface area contributed by atoms with Gasteiger partial charge in [-0.3, -0.25) is 19.2 Å². The summed E-state index contributed by atoms with van der Waals surface area (Å²) in [5.74, 6) is -1.38. The monoisotopic (exact) mass is 730 g/mol. The van der Waals surface area contributed by atoms with Crippen molar-refractivity contribution < 1.29 is 19.2 Å². The van der Waals surface area contributed by atoms with Crippen molar-refractivity contribution in [2.45, 2.75) is 63.5 Å². The van der Waals surface area contributed by atoms with Crippen LogP contribution in [-0.4, -0.2) is 58.4 Å². The highest BCUT2D eigenvalue weighted by atomic mass is 35.5. The molecule has 0 unspecified atom stereocenters. The van der Waals surface area contributed by atoms with Crippen LogP contribution >= 0.6 is 23.2 Å². The molecule has 2 aliphatic carbocycles. The Kier molecular flexibility index (Phi) is 12.6. The molecule has 0 aliphatic heterocycles. The third-order valence-electron chi connectivity index (χ3n) is 9.59. The van der Waals surface area contributed by atoms with E-state index in [4.69, 9.17) is 33.7 Å². The number of hydrogen-bond donors (Lipinski definition) is 5. The number of amides is 4. The topological polar surface area (TPSA) is 185 Å². The lowest BCUT2D eigenvalue weighted by Gasteiger charge is -2.31. The minimum Gasteiger partial charge on any atom is -0.350 e. The molecule has 2 fully saturated rings. The number of nitrogens with zero attached hydrogens (tertiary/aromatic N) is 3. The summed E-state index contributed by atoms with van der Waals surface area (Å²) in [5, 5.41) is 31.5. The molecule has 2 aromatic carbocycles. The molecule has 2 heterocycles. The number of nitriles is 2. The Morgan fingerprint density at radius 2 is 1.27 bits per heavy atom. The summed E-state index contributed by atoms with van der Waals surface area (Å²) in [7, 11) is 1.82. The van der Waals surface area contributed by atoms with Gasteiger partial charge in [0.1, 0.15) is 24.5 Å². The first-order chi connectivity index (χ1) is 24.6. The minimum atomic E-state index is -0.301. The maximum atomic E-state index is 12.8. The predicted octanol–water partition coefficient (Wildman–Crippen LogP) is 5.51. The second kappa shape index (κ2) is 17.3. The molecule has 0 spiro atoms. The largest absolute Gasteiger partial charge is 0.350 e. The maximum absolute atomic E-state index is 12.8. The van der Waals surface area contributed by atoms with Gasteiger partial charge in [-0.1, -0.05) is 61.0 Å². The van der Waals surface area contributed by atoms with E-state index < -0.39 is 0 Å². The highest BCUT2D eigenvalue weighted by Gasteiger charge is 2.33. The first kappa shape index (κ1) is 37.2. The van der Waals surface area contributed by atoms with Crippen molar-refractivity contribution >= 4 is 68.6 Å². The van der Waals surface area contributed by atoms with Crippen molar-refractivity contribution in [2.75, 3.05) is 13.1 Å². The van der Waals surface area contributed by atoms with Crippen molar-refractivity contribution in [3.8, 4) is 12.1 Å². The van der Waals surface area contributed by atoms with E-state index in [1.165, 1.54) is 0 Å². The molecule has 14 heteroatoms. The molecule has 2 saturated carbocycles. The average Bonchev–Trinajstić information content (AvgIpc) is 3.70. The number of aryl methyl sites for hydroxylation is 1. The van der Waals surface area contributed by atoms with E-state index in [9.17, 15) is 19.2 Å². The Morgan fingerprint density at radius 3 is 1.86 bits per heavy atom. The molecule has 6 rings (SSSR count). The van der Waals surface area contributed by atoms with Gasteiger partial charge in [-0.25, -0.2) is 0 Å². The van der Waals surface area contributed by atoms with E-state index in [0.717, 1.165) is 60.3 Å². The van der Waals surface area contributed by atoms with Crippen LogP contribution < -0.4 is 21.3 Å². The SMILES string of the molecule is Cn1c(C(=O)N[C@H]2CCCC[C@H]2C(=O)NCC#N)cc2ccc(Cl)cc21.N#CCNC(=O)[C@@H]1CCCC[C@@H]1NC(=O)c1cc2ccc(Cl)cc2[nH]1. The van der Waals surface area contributed by atoms with Gasteiger partial charge in [-0.2, -0.15) is 10.5 Å². The molecule has 0 bridgehead atoms. The number of fused-ring (bicyclic) bond motifs is 2. The third kappa shape index (κ3) is 9.20. The average molecular weight is 732 g/mol. The third-order valence-corrected chi connectivity index (χ3v) is 10.1. The van der Waals surface area contributed by atoms with Crippen molar-refractivity contribution in [1.82, 2.24) is 30.8 Å². The van der Waals surface area contributed by atoms with Gasteiger partial charge >= 0.3 is 0 Å². The Hall–Kier alpha value is -5.04. The molecular weight excluding hydrogens is 691 g/mol. The van der Waals surface area contributed by atoms with Crippen molar-refractivity contribution in [2.24, 2.45) is 18.9 Å². The van der Waals surface area contributed by atoms with Crippen LogP contribution in [0.15, 0.2) is 48.5 Å². The van der Waals surface area contributed by atoms with Gasteiger partial charge in [0, 0.05) is 51.0 Å². The van der Waals surface area contributed by atoms with Crippen molar-refractivity contribution in [3.05, 3.63) is 70.0 Å². The number of carbonyl (C=O) groups is 4. The standard InChI is InChI=1S/C19H21ClN4O2.C18H19ClN4O2/c1-24-16-11-13(20)7-6-12(16)10-17(24)19(26)23-15-5-3-2-4-14(15)18(25)22-9-8-21;19-12-6-5-11-9-16(22-15(11)10-12)18(25)23-14-4-2-1-3-13(14)17(24)21-8-7-20/h6-7,10-11,14-15H,2-5,9H2,1H3,(H,22,25)(H,23,26);5-6,9-10,13-14,22H,1-4,8H2,(H,21,24)(H,23,25)/t14-,15+;13-,14+/m11/s1. The Bertz CT molecular complexity index is 2010. The lowest BCUT2D eigenvalue weighted by Crippen LogP contribution is -2.48. The molecule has 2 aliphatic rings. The number of hydrogen-bond acceptors (Lipinski definition) is 6. The van der Waals surface area contributed by atoms with E-state index in [1.807, 2.05) is 48.0 Å². The summed E-state index contributed by atoms with van der Waals surface area (Å²) in [4.78, 5) is 53.0. The van der Waals surface area contributed by atoms with E-state index in [-0.39, 0.29) is 60.6 Å². The van der Waals surface area contributed by atoms with Crippen LogP contribution in [0.2, 0.25) is 10.0 Å². The molecule has 0 radical (unpaired) electrons. The molecule has 4 amide bonds. The van der Waals surface area contributed by atoms with E-state index in [1.54, 1.807) is 24.3 Å². The zero-order chi connectivity index (χ0) is 36.5. The minimum absolute atomic E-state index is 0.0139. The van der Waals surface area contributed by atoms with Crippen LogP contribution in [0.5, 0.6) is 0 Å². The second-order valence-corrected chi connectivity index (χ2v) is 13.8. The number of aromatic amines is 1. The van der Waals surface area contributed by atoms with Gasteiger partial charge in [0.15, 0.2) is 0 Å². The molecule has 4 aromatic rings. The van der Waals surface area contributed by atoms with E-state index in [2.05, 4.69) is 26.3 Å². The molecule has 51 heavy (non-hydrogen) atoms. The molecule has 4 atom stereocenters. The first-order valence-electron chi connectivity index (χ1n) is 17.0. The smallest absolute Gasteiger partial charge is 0.268 e. The number of rotatable bonds is 8. The number of nitrogens with one attached hydrogen (secondary N) is 5. The summed E-state index contributed by atoms with van der Waals surface area (Å²) in [5.41, 5.74) is 2.65. The van der Waals surface area contributed by atoms with Crippen LogP contribution in [0.3, 0.4) is 0 Å². The summed E-state index contributed by atoms with van der Waals surface area (Å²) in [6, 6.07) is 17.9. The normalized spacial score (nSPS) is 19.9. The summed E-state index contributed by atoms with van der Waals surface area (Å²) in [6.45, 7) is -0.0290. The summed E-state index contributed by atoms with van der Waals surface area (Å²) in [6.07, 6.45) is 6.77. The fourth-order valence-electron chi connectivity index (χ4n) is 6.98. The van der Waals surface area contributed by atoms with Crippen LogP contribution in [0.1, 0.15) is 72.3 Å². The first-order valence-corrected chi connectivity index (χ1v) is 17.8. The van der Waals surface area contributed by atoms with Crippen LogP contribution in [0, 0.1) is 34.5 Å². The van der Waals surface area contributed by atoms with Crippen LogP contribution in [-0.2, 0) is 16.6 Å². The molecular formula is C37H40Cl2N8O4.